The van der Waals surface area contributed by atoms with Gasteiger partial charge >= 0.3 is 11.9 Å². The van der Waals surface area contributed by atoms with Crippen molar-refractivity contribution in [3.63, 3.8) is 0 Å². The fourth-order valence-electron chi connectivity index (χ4n) is 3.11. The van der Waals surface area contributed by atoms with Gasteiger partial charge in [-0.2, -0.15) is 0 Å². The Kier molecular flexibility index (Phi) is 8.01. The van der Waals surface area contributed by atoms with Crippen LogP contribution in [0.2, 0.25) is 0 Å². The van der Waals surface area contributed by atoms with Crippen molar-refractivity contribution in [1.82, 2.24) is 4.98 Å². The Morgan fingerprint density at radius 3 is 2.33 bits per heavy atom. The van der Waals surface area contributed by atoms with Gasteiger partial charge in [0.25, 0.3) is 0 Å². The number of carboxylic acid groups (broad SMARTS) is 1. The first-order chi connectivity index (χ1) is 14.4. The number of aromatic nitrogens is 1. The van der Waals surface area contributed by atoms with E-state index in [1.54, 1.807) is 6.07 Å². The largest absolute Gasteiger partial charge is 0.477 e. The van der Waals surface area contributed by atoms with E-state index in [1.165, 1.54) is 25.5 Å². The first-order valence-electron chi connectivity index (χ1n) is 8.75. The van der Waals surface area contributed by atoms with Gasteiger partial charge in [-0.1, -0.05) is 12.1 Å². The summed E-state index contributed by atoms with van der Waals surface area (Å²) in [6.45, 7) is -1.90. The molecule has 0 bridgehead atoms. The molecule has 0 aliphatic heterocycles. The van der Waals surface area contributed by atoms with Crippen molar-refractivity contribution in [2.45, 2.75) is 19.8 Å². The lowest BCUT2D eigenvalue weighted by Crippen LogP contribution is -2.04. The number of rotatable bonds is 9. The molecule has 0 amide bonds. The molecule has 0 atom stereocenters. The summed E-state index contributed by atoms with van der Waals surface area (Å²) in [5.74, 6) is -2.03. The number of aromatic carboxylic acids is 1. The predicted molar refractivity (Wildman–Crippen MR) is 107 cm³/mol. The molecule has 2 rings (SSSR count). The molecule has 10 nitrogen and oxygen atoms in total. The van der Waals surface area contributed by atoms with Gasteiger partial charge in [-0.25, -0.2) is 9.59 Å². The number of hydrogen-bond donors (Lipinski definition) is 6. The second-order valence-electron chi connectivity index (χ2n) is 6.02. The van der Waals surface area contributed by atoms with Crippen molar-refractivity contribution in [2.24, 2.45) is 4.99 Å². The zero-order chi connectivity index (χ0) is 22.3. The SMILES string of the molecule is COC(=O)/C=C/c1c(C(=O)O)[nH]c(C=NCO)c1-c1ccc(CO)c(CO)c1CO. The Bertz CT molecular complexity index is 991. The Balaban J connectivity index is 2.92. The van der Waals surface area contributed by atoms with E-state index in [2.05, 4.69) is 14.7 Å². The lowest BCUT2D eigenvalue weighted by molar-refractivity contribution is -0.134. The molecule has 1 aromatic carbocycles. The van der Waals surface area contributed by atoms with Crippen molar-refractivity contribution in [2.75, 3.05) is 13.8 Å². The Morgan fingerprint density at radius 2 is 1.80 bits per heavy atom. The molecule has 30 heavy (non-hydrogen) atoms. The van der Waals surface area contributed by atoms with Gasteiger partial charge in [-0.3, -0.25) is 4.99 Å². The number of carbonyl (C=O) groups excluding carboxylic acids is 1. The van der Waals surface area contributed by atoms with Crippen LogP contribution in [0.25, 0.3) is 17.2 Å². The minimum atomic E-state index is -1.32. The number of nitrogens with one attached hydrogen (secondary N) is 1. The fraction of sp³-hybridized carbons (Fsp3) is 0.250. The summed E-state index contributed by atoms with van der Waals surface area (Å²) in [5.41, 5.74) is 1.62. The van der Waals surface area contributed by atoms with Crippen LogP contribution in [0.15, 0.2) is 23.2 Å². The molecule has 1 aromatic heterocycles. The Hall–Kier alpha value is -3.31. The zero-order valence-electron chi connectivity index (χ0n) is 16.1. The third kappa shape index (κ3) is 4.63. The van der Waals surface area contributed by atoms with Crippen LogP contribution >= 0.6 is 0 Å². The first kappa shape index (κ1) is 23.0. The molecular weight excluding hydrogens is 396 g/mol. The number of carbonyl (C=O) groups is 2. The normalized spacial score (nSPS) is 11.5. The van der Waals surface area contributed by atoms with E-state index >= 15 is 0 Å². The summed E-state index contributed by atoms with van der Waals surface area (Å²) in [6.07, 6.45) is 3.51. The number of aliphatic imine (C=N–C) groups is 1. The molecule has 0 fully saturated rings. The van der Waals surface area contributed by atoms with Crippen molar-refractivity contribution in [3.05, 3.63) is 51.9 Å². The number of esters is 1. The topological polar surface area (TPSA) is 173 Å². The van der Waals surface area contributed by atoms with Gasteiger partial charge in [0.1, 0.15) is 12.4 Å². The minimum Gasteiger partial charge on any atom is -0.477 e. The second kappa shape index (κ2) is 10.5. The summed E-state index contributed by atoms with van der Waals surface area (Å²) in [4.78, 5) is 29.8. The number of hydrogen-bond acceptors (Lipinski definition) is 8. The van der Waals surface area contributed by atoms with Crippen LogP contribution < -0.4 is 0 Å². The van der Waals surface area contributed by atoms with Gasteiger partial charge in [0, 0.05) is 23.4 Å². The molecule has 0 saturated carbocycles. The summed E-state index contributed by atoms with van der Waals surface area (Å²) < 4.78 is 4.56. The lowest BCUT2D eigenvalue weighted by Gasteiger charge is -2.16. The van der Waals surface area contributed by atoms with E-state index in [4.69, 9.17) is 5.11 Å². The average Bonchev–Trinajstić information content (AvgIpc) is 3.12. The molecular formula is C20H22N2O8. The van der Waals surface area contributed by atoms with Gasteiger partial charge in [0.15, 0.2) is 0 Å². The van der Waals surface area contributed by atoms with Crippen LogP contribution in [0.3, 0.4) is 0 Å². The van der Waals surface area contributed by atoms with Crippen LogP contribution in [0.5, 0.6) is 0 Å². The number of benzene rings is 1. The molecule has 1 heterocycles. The highest BCUT2D eigenvalue weighted by molar-refractivity contribution is 6.03. The summed E-state index contributed by atoms with van der Waals surface area (Å²) in [5, 5.41) is 47.9. The Labute approximate surface area is 171 Å². The molecule has 2 aromatic rings. The van der Waals surface area contributed by atoms with Crippen LogP contribution in [-0.4, -0.2) is 62.5 Å². The quantitative estimate of drug-likeness (QED) is 0.193. The maximum absolute atomic E-state index is 11.8. The van der Waals surface area contributed by atoms with Crippen molar-refractivity contribution in [1.29, 1.82) is 0 Å². The molecule has 0 saturated heterocycles. The van der Waals surface area contributed by atoms with Gasteiger partial charge in [-0.15, -0.1) is 0 Å². The molecule has 160 valence electrons. The lowest BCUT2D eigenvalue weighted by atomic mass is 9.90. The summed E-state index contributed by atoms with van der Waals surface area (Å²) >= 11 is 0. The van der Waals surface area contributed by atoms with Crippen molar-refractivity contribution < 1.29 is 39.9 Å². The van der Waals surface area contributed by atoms with Crippen molar-refractivity contribution >= 4 is 24.2 Å². The second-order valence-corrected chi connectivity index (χ2v) is 6.02. The van der Waals surface area contributed by atoms with Crippen molar-refractivity contribution in [3.8, 4) is 11.1 Å². The van der Waals surface area contributed by atoms with Crippen LogP contribution in [0, 0.1) is 0 Å². The fourth-order valence-corrected chi connectivity index (χ4v) is 3.11. The minimum absolute atomic E-state index is 0.0997. The number of aliphatic hydroxyl groups is 4. The highest BCUT2D eigenvalue weighted by Gasteiger charge is 2.24. The molecule has 0 unspecified atom stereocenters. The van der Waals surface area contributed by atoms with Gasteiger partial charge in [0.2, 0.25) is 0 Å². The van der Waals surface area contributed by atoms with Gasteiger partial charge in [0.05, 0.1) is 32.6 Å². The van der Waals surface area contributed by atoms with E-state index in [-0.39, 0.29) is 34.7 Å². The summed E-state index contributed by atoms with van der Waals surface area (Å²) in [6, 6.07) is 3.09. The van der Waals surface area contributed by atoms with E-state index in [0.717, 1.165) is 6.08 Å². The first-order valence-corrected chi connectivity index (χ1v) is 8.75. The number of aromatic amines is 1. The standard InChI is InChI=1S/C20H22N2O8/c1-30-17(27)5-4-13-18(16(6-21-10-26)22-19(13)20(28)29)12-3-2-11(7-23)14(8-24)15(12)9-25/h2-6,22-26H,7-10H2,1H3,(H,28,29)/b5-4+,21-6?. The molecule has 0 radical (unpaired) electrons. The highest BCUT2D eigenvalue weighted by atomic mass is 16.5. The van der Waals surface area contributed by atoms with Crippen LogP contribution in [0.4, 0.5) is 0 Å². The van der Waals surface area contributed by atoms with Gasteiger partial charge in [-0.05, 0) is 28.3 Å². The van der Waals surface area contributed by atoms with E-state index in [9.17, 15) is 30.0 Å². The highest BCUT2D eigenvalue weighted by Crippen LogP contribution is 2.36. The molecule has 6 N–H and O–H groups in total. The maximum atomic E-state index is 11.8. The zero-order valence-corrected chi connectivity index (χ0v) is 16.1. The maximum Gasteiger partial charge on any atom is 0.352 e. The number of nitrogens with zero attached hydrogens (tertiary/aromatic N) is 1. The number of ether oxygens (including phenoxy) is 1. The Morgan fingerprint density at radius 1 is 1.10 bits per heavy atom. The average molecular weight is 418 g/mol. The van der Waals surface area contributed by atoms with Crippen LogP contribution in [0.1, 0.15) is 38.4 Å². The number of carboxylic acids is 1. The summed E-state index contributed by atoms with van der Waals surface area (Å²) in [7, 11) is 1.17. The van der Waals surface area contributed by atoms with E-state index < -0.39 is 31.9 Å². The van der Waals surface area contributed by atoms with Crippen LogP contribution in [-0.2, 0) is 29.4 Å². The van der Waals surface area contributed by atoms with E-state index in [0.29, 0.717) is 16.7 Å². The smallest absolute Gasteiger partial charge is 0.352 e. The molecule has 0 aliphatic rings. The van der Waals surface area contributed by atoms with Gasteiger partial charge < -0.3 is 35.3 Å². The molecule has 0 aliphatic carbocycles. The number of H-pyrrole nitrogens is 1. The third-order valence-corrected chi connectivity index (χ3v) is 4.45. The third-order valence-electron chi connectivity index (χ3n) is 4.45. The monoisotopic (exact) mass is 418 g/mol. The molecule has 0 spiro atoms. The molecule has 10 heteroatoms. The number of aliphatic hydroxyl groups excluding tert-OH is 4. The number of methoxy groups -OCH3 is 1. The predicted octanol–water partition coefficient (Wildman–Crippen LogP) is 0.412. The van der Waals surface area contributed by atoms with E-state index in [1.807, 2.05) is 0 Å².